The summed E-state index contributed by atoms with van der Waals surface area (Å²) < 4.78 is 1.47. The van der Waals surface area contributed by atoms with E-state index < -0.39 is 4.92 Å². The van der Waals surface area contributed by atoms with Gasteiger partial charge in [-0.1, -0.05) is 6.92 Å². The number of rotatable bonds is 5. The molecule has 0 aliphatic carbocycles. The van der Waals surface area contributed by atoms with Crippen molar-refractivity contribution in [3.05, 3.63) is 34.5 Å². The molecule has 0 fully saturated rings. The molecule has 0 spiro atoms. The van der Waals surface area contributed by atoms with Gasteiger partial charge in [-0.25, -0.2) is 0 Å². The van der Waals surface area contributed by atoms with Crippen molar-refractivity contribution in [2.75, 3.05) is 6.54 Å². The number of carbonyl (C=O) groups excluding carboxylic acids is 1. The summed E-state index contributed by atoms with van der Waals surface area (Å²) in [6.45, 7) is 2.63. The number of non-ortho nitro benzene ring substituents is 1. The zero-order valence-corrected chi connectivity index (χ0v) is 10.5. The Bertz CT molecular complexity index is 620. The first-order valence-corrected chi connectivity index (χ1v) is 5.98. The summed E-state index contributed by atoms with van der Waals surface area (Å²) in [5.74, 6) is -0.154. The molecule has 0 aliphatic rings. The number of hydrogen-bond donors (Lipinski definition) is 1. The normalized spacial score (nSPS) is 10.6. The molecule has 7 nitrogen and oxygen atoms in total. The fourth-order valence-electron chi connectivity index (χ4n) is 1.75. The molecule has 0 radical (unpaired) electrons. The highest BCUT2D eigenvalue weighted by Crippen LogP contribution is 2.20. The van der Waals surface area contributed by atoms with Crippen LogP contribution in [0.1, 0.15) is 13.3 Å². The van der Waals surface area contributed by atoms with Crippen LogP contribution >= 0.6 is 0 Å². The minimum absolute atomic E-state index is 0.0109. The average Bonchev–Trinajstić information content (AvgIpc) is 2.78. The maximum Gasteiger partial charge on any atom is 0.271 e. The Morgan fingerprint density at radius 3 is 3.00 bits per heavy atom. The van der Waals surface area contributed by atoms with Gasteiger partial charge in [0.2, 0.25) is 5.91 Å². The molecule has 1 heterocycles. The van der Waals surface area contributed by atoms with Crippen LogP contribution in [0.25, 0.3) is 10.9 Å². The fourth-order valence-corrected chi connectivity index (χ4v) is 1.75. The summed E-state index contributed by atoms with van der Waals surface area (Å²) >= 11 is 0. The first kappa shape index (κ1) is 13.0. The largest absolute Gasteiger partial charge is 0.355 e. The van der Waals surface area contributed by atoms with Crippen LogP contribution in [0.15, 0.2) is 24.4 Å². The Hall–Kier alpha value is -2.44. The van der Waals surface area contributed by atoms with Gasteiger partial charge in [-0.15, -0.1) is 0 Å². The van der Waals surface area contributed by atoms with Crippen molar-refractivity contribution in [1.82, 2.24) is 15.1 Å². The molecule has 0 aliphatic heterocycles. The van der Waals surface area contributed by atoms with Gasteiger partial charge in [0.05, 0.1) is 16.6 Å². The number of fused-ring (bicyclic) bond motifs is 1. The van der Waals surface area contributed by atoms with Crippen molar-refractivity contribution in [3.8, 4) is 0 Å². The summed E-state index contributed by atoms with van der Waals surface area (Å²) in [5.41, 5.74) is 0.573. The molecule has 1 aromatic heterocycles. The molecule has 0 atom stereocenters. The van der Waals surface area contributed by atoms with Crippen molar-refractivity contribution in [3.63, 3.8) is 0 Å². The molecular formula is C12H14N4O3. The van der Waals surface area contributed by atoms with Crippen LogP contribution in [0.4, 0.5) is 5.69 Å². The second kappa shape index (κ2) is 5.47. The van der Waals surface area contributed by atoms with Gasteiger partial charge in [0.1, 0.15) is 6.54 Å². The van der Waals surface area contributed by atoms with Crippen molar-refractivity contribution >= 4 is 22.5 Å². The van der Waals surface area contributed by atoms with E-state index in [4.69, 9.17) is 0 Å². The Morgan fingerprint density at radius 2 is 2.32 bits per heavy atom. The van der Waals surface area contributed by atoms with Gasteiger partial charge in [0.25, 0.3) is 5.69 Å². The van der Waals surface area contributed by atoms with Crippen LogP contribution in [0.2, 0.25) is 0 Å². The van der Waals surface area contributed by atoms with Gasteiger partial charge in [-0.2, -0.15) is 5.10 Å². The average molecular weight is 262 g/mol. The van der Waals surface area contributed by atoms with E-state index in [1.165, 1.54) is 16.8 Å². The molecule has 2 aromatic rings. The quantitative estimate of drug-likeness (QED) is 0.652. The number of amides is 1. The number of hydrogen-bond acceptors (Lipinski definition) is 4. The molecule has 0 unspecified atom stereocenters. The van der Waals surface area contributed by atoms with Crippen molar-refractivity contribution < 1.29 is 9.72 Å². The van der Waals surface area contributed by atoms with Crippen molar-refractivity contribution in [2.24, 2.45) is 0 Å². The van der Waals surface area contributed by atoms with Crippen molar-refractivity contribution in [2.45, 2.75) is 19.9 Å². The number of nitro benzene ring substituents is 1. The third kappa shape index (κ3) is 2.87. The molecule has 19 heavy (non-hydrogen) atoms. The Kier molecular flexibility index (Phi) is 3.74. The number of nitrogens with one attached hydrogen (secondary N) is 1. The Labute approximate surface area is 109 Å². The highest BCUT2D eigenvalue weighted by molar-refractivity contribution is 5.83. The molecule has 1 amide bonds. The van der Waals surface area contributed by atoms with Gasteiger partial charge in [0.15, 0.2) is 0 Å². The van der Waals surface area contributed by atoms with E-state index in [0.717, 1.165) is 11.8 Å². The summed E-state index contributed by atoms with van der Waals surface area (Å²) in [6, 6.07) is 4.47. The molecule has 0 bridgehead atoms. The Morgan fingerprint density at radius 1 is 1.53 bits per heavy atom. The number of benzene rings is 1. The van der Waals surface area contributed by atoms with Gasteiger partial charge in [-0.3, -0.25) is 19.6 Å². The lowest BCUT2D eigenvalue weighted by Gasteiger charge is -2.04. The third-order valence-electron chi connectivity index (χ3n) is 2.70. The summed E-state index contributed by atoms with van der Waals surface area (Å²) in [4.78, 5) is 21.9. The van der Waals surface area contributed by atoms with E-state index in [2.05, 4.69) is 10.4 Å². The zero-order valence-electron chi connectivity index (χ0n) is 10.5. The minimum Gasteiger partial charge on any atom is -0.355 e. The summed E-state index contributed by atoms with van der Waals surface area (Å²) in [5, 5.41) is 18.3. The first-order valence-electron chi connectivity index (χ1n) is 5.98. The summed E-state index contributed by atoms with van der Waals surface area (Å²) in [7, 11) is 0. The zero-order chi connectivity index (χ0) is 13.8. The lowest BCUT2D eigenvalue weighted by atomic mass is 10.2. The third-order valence-corrected chi connectivity index (χ3v) is 2.70. The second-order valence-electron chi connectivity index (χ2n) is 4.15. The fraction of sp³-hybridized carbons (Fsp3) is 0.333. The molecule has 1 aromatic carbocycles. The van der Waals surface area contributed by atoms with Gasteiger partial charge >= 0.3 is 0 Å². The topological polar surface area (TPSA) is 90.1 Å². The summed E-state index contributed by atoms with van der Waals surface area (Å²) in [6.07, 6.45) is 2.45. The lowest BCUT2D eigenvalue weighted by molar-refractivity contribution is -0.384. The van der Waals surface area contributed by atoms with E-state index in [1.807, 2.05) is 6.92 Å². The monoisotopic (exact) mass is 262 g/mol. The standard InChI is InChI=1S/C12H14N4O3/c1-2-5-13-12(17)8-15-11-6-10(16(18)19)4-3-9(11)7-14-15/h3-4,6-7H,2,5,8H2,1H3,(H,13,17). The molecular weight excluding hydrogens is 248 g/mol. The lowest BCUT2D eigenvalue weighted by Crippen LogP contribution is -2.28. The van der Waals surface area contributed by atoms with Crippen LogP contribution in [-0.4, -0.2) is 27.2 Å². The molecule has 1 N–H and O–H groups in total. The number of aromatic nitrogens is 2. The number of nitrogens with zero attached hydrogens (tertiary/aromatic N) is 3. The van der Waals surface area contributed by atoms with E-state index in [0.29, 0.717) is 12.1 Å². The maximum absolute atomic E-state index is 11.6. The van der Waals surface area contributed by atoms with Gasteiger partial charge in [0, 0.05) is 24.1 Å². The molecule has 7 heteroatoms. The molecule has 100 valence electrons. The van der Waals surface area contributed by atoms with Gasteiger partial charge in [-0.05, 0) is 12.5 Å². The van der Waals surface area contributed by atoms with E-state index >= 15 is 0 Å². The van der Waals surface area contributed by atoms with Crippen LogP contribution in [0, 0.1) is 10.1 Å². The van der Waals surface area contributed by atoms with Crippen LogP contribution < -0.4 is 5.32 Å². The molecule has 0 saturated heterocycles. The predicted molar refractivity (Wildman–Crippen MR) is 69.7 cm³/mol. The minimum atomic E-state index is -0.464. The van der Waals surface area contributed by atoms with E-state index in [9.17, 15) is 14.9 Å². The van der Waals surface area contributed by atoms with Crippen LogP contribution in [-0.2, 0) is 11.3 Å². The van der Waals surface area contributed by atoms with E-state index in [1.54, 1.807) is 12.3 Å². The van der Waals surface area contributed by atoms with Crippen LogP contribution in [0.5, 0.6) is 0 Å². The highest BCUT2D eigenvalue weighted by atomic mass is 16.6. The molecule has 2 rings (SSSR count). The van der Waals surface area contributed by atoms with Crippen molar-refractivity contribution in [1.29, 1.82) is 0 Å². The molecule has 0 saturated carbocycles. The Balaban J connectivity index is 2.25. The van der Waals surface area contributed by atoms with E-state index in [-0.39, 0.29) is 18.1 Å². The predicted octanol–water partition coefficient (Wildman–Crippen LogP) is 1.47. The van der Waals surface area contributed by atoms with Gasteiger partial charge < -0.3 is 5.32 Å². The maximum atomic E-state index is 11.6. The second-order valence-corrected chi connectivity index (χ2v) is 4.15. The van der Waals surface area contributed by atoms with Crippen LogP contribution in [0.3, 0.4) is 0 Å². The first-order chi connectivity index (χ1) is 9.11. The highest BCUT2D eigenvalue weighted by Gasteiger charge is 2.11. The number of nitro groups is 1. The smallest absolute Gasteiger partial charge is 0.271 e. The number of carbonyl (C=O) groups is 1. The SMILES string of the molecule is CCCNC(=O)Cn1ncc2ccc([N+](=O)[O-])cc21.